The van der Waals surface area contributed by atoms with Crippen molar-refractivity contribution in [2.75, 3.05) is 19.6 Å². The topological polar surface area (TPSA) is 36.6 Å². The largest absolute Gasteiger partial charge is 0.497 e. The number of nitrogens with zero attached hydrogens (tertiary/aromatic N) is 2. The van der Waals surface area contributed by atoms with Crippen molar-refractivity contribution >= 4 is 46.5 Å². The number of halogens is 2. The molecule has 4 nitrogen and oxygen atoms in total. The van der Waals surface area contributed by atoms with E-state index in [9.17, 15) is 0 Å². The number of hydrazone groups is 1. The van der Waals surface area contributed by atoms with E-state index in [4.69, 9.17) is 27.9 Å². The summed E-state index contributed by atoms with van der Waals surface area (Å²) in [6.07, 6.45) is 2.77. The Morgan fingerprint density at radius 3 is 2.54 bits per heavy atom. The Kier molecular flexibility index (Phi) is 5.26. The van der Waals surface area contributed by atoms with Crippen LogP contribution in [0.25, 0.3) is 0 Å². The summed E-state index contributed by atoms with van der Waals surface area (Å²) >= 11 is 12.7. The minimum Gasteiger partial charge on any atom is -0.497 e. The van der Waals surface area contributed by atoms with Gasteiger partial charge in [-0.1, -0.05) is 30.1 Å². The van der Waals surface area contributed by atoms with Crippen molar-refractivity contribution in [2.24, 2.45) is 5.10 Å². The third-order valence-corrected chi connectivity index (χ3v) is 5.57. The summed E-state index contributed by atoms with van der Waals surface area (Å²) in [6.45, 7) is 4.35. The molecular formula is C20H22Cl2N3O+. The highest BCUT2D eigenvalue weighted by Gasteiger charge is 2.47. The predicted octanol–water partition coefficient (Wildman–Crippen LogP) is 5.50. The second-order valence-corrected chi connectivity index (χ2v) is 7.36. The van der Waals surface area contributed by atoms with Gasteiger partial charge < -0.3 is 4.74 Å². The van der Waals surface area contributed by atoms with E-state index in [1.165, 1.54) is 0 Å². The Balaban J connectivity index is 1.92. The lowest BCUT2D eigenvalue weighted by Gasteiger charge is -2.19. The highest BCUT2D eigenvalue weighted by molar-refractivity contribution is 6.38. The van der Waals surface area contributed by atoms with Crippen molar-refractivity contribution < 1.29 is 9.31 Å². The number of methoxy groups -OCH3 is 1. The lowest BCUT2D eigenvalue weighted by atomic mass is 9.77. The maximum absolute atomic E-state index is 6.47. The van der Waals surface area contributed by atoms with Gasteiger partial charge in [-0.3, -0.25) is 5.43 Å². The van der Waals surface area contributed by atoms with Crippen LogP contribution in [0.2, 0.25) is 10.0 Å². The van der Waals surface area contributed by atoms with Gasteiger partial charge in [-0.15, -0.1) is 0 Å². The number of fused-ring (bicyclic) bond motifs is 1. The Morgan fingerprint density at radius 2 is 1.92 bits per heavy atom. The second-order valence-electron chi connectivity index (χ2n) is 6.51. The summed E-state index contributed by atoms with van der Waals surface area (Å²) in [5.74, 6) is 0.810. The third kappa shape index (κ3) is 3.19. The Hall–Kier alpha value is -2.04. The van der Waals surface area contributed by atoms with Crippen LogP contribution in [0, 0.1) is 0 Å². The summed E-state index contributed by atoms with van der Waals surface area (Å²) in [7, 11) is 3.65. The van der Waals surface area contributed by atoms with Crippen molar-refractivity contribution in [2.45, 2.75) is 25.7 Å². The quantitative estimate of drug-likeness (QED) is 0.415. The fourth-order valence-corrected chi connectivity index (χ4v) is 4.01. The normalized spacial score (nSPS) is 19.2. The first-order valence-electron chi connectivity index (χ1n) is 8.44. The van der Waals surface area contributed by atoms with E-state index in [2.05, 4.69) is 29.0 Å². The molecule has 0 saturated heterocycles. The molecule has 1 atom stereocenters. The van der Waals surface area contributed by atoms with Crippen molar-refractivity contribution in [1.82, 2.24) is 0 Å². The maximum atomic E-state index is 6.47. The van der Waals surface area contributed by atoms with Crippen molar-refractivity contribution in [3.05, 3.63) is 52.0 Å². The molecular weight excluding hydrogens is 369 g/mol. The van der Waals surface area contributed by atoms with Crippen LogP contribution >= 0.6 is 23.2 Å². The standard InChI is InChI=1S/C20H21Cl2N3O/c1-5-20(2)16-10-13(21)11-17(22)19(16)25(3)18(20)12-23-24-14-6-8-15(26-4)9-7-14/h6-12H,5H2,1-4H3/p+1. The van der Waals surface area contributed by atoms with Gasteiger partial charge in [0.05, 0.1) is 18.2 Å². The minimum atomic E-state index is -0.205. The lowest BCUT2D eigenvalue weighted by Crippen LogP contribution is -2.32. The van der Waals surface area contributed by atoms with Gasteiger partial charge in [0.25, 0.3) is 0 Å². The molecule has 0 fully saturated rings. The molecule has 1 heterocycles. The van der Waals surface area contributed by atoms with E-state index in [0.29, 0.717) is 10.0 Å². The zero-order chi connectivity index (χ0) is 18.9. The lowest BCUT2D eigenvalue weighted by molar-refractivity contribution is -0.400. The Bertz CT molecular complexity index is 891. The van der Waals surface area contributed by atoms with Crippen LogP contribution in [0.3, 0.4) is 0 Å². The van der Waals surface area contributed by atoms with Crippen LogP contribution in [0.15, 0.2) is 41.5 Å². The predicted molar refractivity (Wildman–Crippen MR) is 110 cm³/mol. The Labute approximate surface area is 164 Å². The van der Waals surface area contributed by atoms with Gasteiger partial charge in [0.2, 0.25) is 11.4 Å². The fourth-order valence-electron chi connectivity index (χ4n) is 3.39. The maximum Gasteiger partial charge on any atom is 0.228 e. The molecule has 2 aromatic carbocycles. The molecule has 1 aliphatic heterocycles. The number of nitrogens with one attached hydrogen (secondary N) is 1. The molecule has 0 amide bonds. The van der Waals surface area contributed by atoms with Gasteiger partial charge >= 0.3 is 0 Å². The molecule has 6 heteroatoms. The average molecular weight is 391 g/mol. The van der Waals surface area contributed by atoms with Crippen LogP contribution in [0.4, 0.5) is 11.4 Å². The molecule has 3 rings (SSSR count). The molecule has 136 valence electrons. The number of ether oxygens (including phenoxy) is 1. The summed E-state index contributed by atoms with van der Waals surface area (Å²) < 4.78 is 7.26. The minimum absolute atomic E-state index is 0.205. The third-order valence-electron chi connectivity index (χ3n) is 5.06. The molecule has 0 aliphatic carbocycles. The molecule has 1 unspecified atom stereocenters. The fraction of sp³-hybridized carbons (Fsp3) is 0.300. The van der Waals surface area contributed by atoms with Crippen LogP contribution in [0.5, 0.6) is 5.75 Å². The molecule has 1 N–H and O–H groups in total. The van der Waals surface area contributed by atoms with Crippen molar-refractivity contribution in [1.29, 1.82) is 0 Å². The van der Waals surface area contributed by atoms with Crippen molar-refractivity contribution in [3.8, 4) is 5.75 Å². The van der Waals surface area contributed by atoms with Crippen LogP contribution in [0.1, 0.15) is 25.8 Å². The van der Waals surface area contributed by atoms with E-state index in [1.807, 2.05) is 43.6 Å². The zero-order valence-electron chi connectivity index (χ0n) is 15.3. The highest BCUT2D eigenvalue weighted by atomic mass is 35.5. The number of rotatable bonds is 5. The molecule has 0 bridgehead atoms. The summed E-state index contributed by atoms with van der Waals surface area (Å²) in [5, 5.41) is 5.74. The van der Waals surface area contributed by atoms with E-state index >= 15 is 0 Å². The van der Waals surface area contributed by atoms with E-state index < -0.39 is 0 Å². The van der Waals surface area contributed by atoms with E-state index in [1.54, 1.807) is 13.2 Å². The van der Waals surface area contributed by atoms with Gasteiger partial charge in [-0.2, -0.15) is 9.68 Å². The number of benzene rings is 2. The van der Waals surface area contributed by atoms with Gasteiger partial charge in [-0.25, -0.2) is 0 Å². The second kappa shape index (κ2) is 7.29. The van der Waals surface area contributed by atoms with Gasteiger partial charge in [0.15, 0.2) is 0 Å². The SMILES string of the molecule is CCC1(C)C(/C=N/Nc2ccc(OC)cc2)=[N+](C)c2c(Cl)cc(Cl)cc21. The van der Waals surface area contributed by atoms with Crippen LogP contribution < -0.4 is 10.2 Å². The van der Waals surface area contributed by atoms with Gasteiger partial charge in [0.1, 0.15) is 24.0 Å². The molecule has 0 spiro atoms. The van der Waals surface area contributed by atoms with E-state index in [-0.39, 0.29) is 5.41 Å². The Morgan fingerprint density at radius 1 is 1.23 bits per heavy atom. The highest BCUT2D eigenvalue weighted by Crippen LogP contribution is 2.45. The van der Waals surface area contributed by atoms with Gasteiger partial charge in [-0.05, 0) is 49.7 Å². The molecule has 1 aliphatic rings. The van der Waals surface area contributed by atoms with Crippen LogP contribution in [-0.4, -0.2) is 30.7 Å². The number of hydrogen-bond donors (Lipinski definition) is 1. The smallest absolute Gasteiger partial charge is 0.228 e. The first kappa shape index (κ1) is 18.7. The summed E-state index contributed by atoms with van der Waals surface area (Å²) in [4.78, 5) is 0. The van der Waals surface area contributed by atoms with Crippen LogP contribution in [-0.2, 0) is 5.41 Å². The molecule has 2 aromatic rings. The molecule has 26 heavy (non-hydrogen) atoms. The summed E-state index contributed by atoms with van der Waals surface area (Å²) in [5.41, 5.74) is 6.94. The first-order chi connectivity index (χ1) is 12.4. The van der Waals surface area contributed by atoms with Crippen molar-refractivity contribution in [3.63, 3.8) is 0 Å². The summed E-state index contributed by atoms with van der Waals surface area (Å²) in [6, 6.07) is 11.4. The molecule has 0 radical (unpaired) electrons. The average Bonchev–Trinajstić information content (AvgIpc) is 2.84. The number of hydrogen-bond acceptors (Lipinski definition) is 3. The molecule has 0 saturated carbocycles. The van der Waals surface area contributed by atoms with E-state index in [0.717, 1.165) is 34.8 Å². The number of anilines is 1. The monoisotopic (exact) mass is 390 g/mol. The first-order valence-corrected chi connectivity index (χ1v) is 9.20. The van der Waals surface area contributed by atoms with Gasteiger partial charge in [0, 0.05) is 10.6 Å². The zero-order valence-corrected chi connectivity index (χ0v) is 16.8. The molecule has 0 aromatic heterocycles.